The van der Waals surface area contributed by atoms with Gasteiger partial charge in [0, 0.05) is 12.1 Å². The van der Waals surface area contributed by atoms with E-state index in [0.29, 0.717) is 18.3 Å². The van der Waals surface area contributed by atoms with Crippen LogP contribution in [0.25, 0.3) is 0 Å². The molecule has 4 rings (SSSR count). The molecule has 4 nitrogen and oxygen atoms in total. The molecule has 1 aromatic carbocycles. The predicted octanol–water partition coefficient (Wildman–Crippen LogP) is 3.87. The second-order valence-electron chi connectivity index (χ2n) is 8.25. The molecular weight excluding hydrogens is 336 g/mol. The number of carbonyl (C=O) groups excluding carboxylic acids is 1. The summed E-state index contributed by atoms with van der Waals surface area (Å²) in [5, 5.41) is 0. The van der Waals surface area contributed by atoms with Gasteiger partial charge in [-0.3, -0.25) is 4.79 Å². The first-order valence-electron chi connectivity index (χ1n) is 9.17. The molecule has 1 saturated carbocycles. The van der Waals surface area contributed by atoms with Crippen molar-refractivity contribution in [2.75, 3.05) is 5.88 Å². The maximum absolute atomic E-state index is 12.8. The van der Waals surface area contributed by atoms with Crippen molar-refractivity contribution in [3.8, 4) is 0 Å². The number of nitrogens with zero attached hydrogens (tertiary/aromatic N) is 1. The third kappa shape index (κ3) is 2.81. The van der Waals surface area contributed by atoms with Crippen LogP contribution in [0.5, 0.6) is 0 Å². The fourth-order valence-electron chi connectivity index (χ4n) is 4.18. The van der Waals surface area contributed by atoms with Gasteiger partial charge >= 0.3 is 7.25 Å². The Morgan fingerprint density at radius 3 is 2.60 bits per heavy atom. The Balaban J connectivity index is 1.56. The van der Waals surface area contributed by atoms with Crippen LogP contribution in [0.15, 0.2) is 24.3 Å². The highest BCUT2D eigenvalue weighted by Gasteiger charge is 2.61. The van der Waals surface area contributed by atoms with Gasteiger partial charge in [-0.05, 0) is 56.6 Å². The number of carbonyl (C=O) groups is 1. The topological polar surface area (TPSA) is 38.8 Å². The summed E-state index contributed by atoms with van der Waals surface area (Å²) in [6.07, 6.45) is 3.50. The molecular formula is C19H25BClNO3. The largest absolute Gasteiger partial charge is 0.597 e. The summed E-state index contributed by atoms with van der Waals surface area (Å²) in [5.74, 6) is 1.67. The first kappa shape index (κ1) is 17.4. The normalized spacial score (nSPS) is 33.0. The molecule has 25 heavy (non-hydrogen) atoms. The van der Waals surface area contributed by atoms with Crippen LogP contribution in [0.1, 0.15) is 56.0 Å². The molecule has 0 bridgehead atoms. The number of hydrogen-bond donors (Lipinski definition) is 0. The molecule has 3 aliphatic rings. The molecule has 3 atom stereocenters. The van der Waals surface area contributed by atoms with Crippen molar-refractivity contribution < 1.29 is 14.1 Å². The maximum Gasteiger partial charge on any atom is 0.597 e. The number of alkyl halides is 1. The maximum atomic E-state index is 12.8. The number of amides is 1. The summed E-state index contributed by atoms with van der Waals surface area (Å²) in [7, 11) is -0.681. The van der Waals surface area contributed by atoms with E-state index in [1.54, 1.807) is 4.81 Å². The van der Waals surface area contributed by atoms with Crippen LogP contribution < -0.4 is 0 Å². The molecule has 6 heteroatoms. The monoisotopic (exact) mass is 361 g/mol. The fourth-order valence-corrected chi connectivity index (χ4v) is 4.52. The zero-order chi connectivity index (χ0) is 17.8. The van der Waals surface area contributed by atoms with Crippen LogP contribution in [-0.2, 0) is 15.9 Å². The molecule has 2 heterocycles. The number of rotatable bonds is 5. The Bertz CT molecular complexity index is 697. The van der Waals surface area contributed by atoms with Gasteiger partial charge < -0.3 is 14.1 Å². The minimum Gasteiger partial charge on any atom is -0.383 e. The zero-order valence-corrected chi connectivity index (χ0v) is 15.9. The summed E-state index contributed by atoms with van der Waals surface area (Å²) in [6.45, 7) is 6.90. The highest BCUT2D eigenvalue weighted by atomic mass is 35.5. The van der Waals surface area contributed by atoms with Gasteiger partial charge in [0.25, 0.3) is 0 Å². The quantitative estimate of drug-likeness (QED) is 0.590. The molecule has 0 unspecified atom stereocenters. The lowest BCUT2D eigenvalue weighted by Crippen LogP contribution is -2.49. The zero-order valence-electron chi connectivity index (χ0n) is 15.1. The van der Waals surface area contributed by atoms with Gasteiger partial charge in [0.15, 0.2) is 0 Å². The Morgan fingerprint density at radius 1 is 1.28 bits per heavy atom. The summed E-state index contributed by atoms with van der Waals surface area (Å²) < 4.78 is 12.6. The van der Waals surface area contributed by atoms with E-state index in [1.807, 2.05) is 31.2 Å². The molecule has 1 saturated heterocycles. The van der Waals surface area contributed by atoms with E-state index >= 15 is 0 Å². The molecule has 0 spiro atoms. The molecule has 2 fully saturated rings. The highest BCUT2D eigenvalue weighted by Crippen LogP contribution is 2.48. The van der Waals surface area contributed by atoms with E-state index < -0.39 is 18.5 Å². The third-order valence-electron chi connectivity index (χ3n) is 6.34. The van der Waals surface area contributed by atoms with E-state index in [4.69, 9.17) is 20.9 Å². The van der Waals surface area contributed by atoms with Crippen molar-refractivity contribution >= 4 is 24.8 Å². The molecule has 0 N–H and O–H groups in total. The standard InChI is InChI=1S/C19H25BClNO3/c1-13(14-8-9-14)10-18(2)19(3,12-21)25-20(24-18)22-11-15-6-4-5-7-16(15)17(22)23/h4-7,13-14H,8-12H2,1-3H3/t13-,18-,19+/m0/s1. The van der Waals surface area contributed by atoms with Crippen LogP contribution in [0.3, 0.4) is 0 Å². The van der Waals surface area contributed by atoms with Gasteiger partial charge in [-0.1, -0.05) is 25.1 Å². The Labute approximate surface area is 155 Å². The average molecular weight is 362 g/mol. The van der Waals surface area contributed by atoms with Gasteiger partial charge in [0.2, 0.25) is 5.91 Å². The lowest BCUT2D eigenvalue weighted by Gasteiger charge is -2.39. The number of halogens is 1. The molecule has 0 radical (unpaired) electrons. The van der Waals surface area contributed by atoms with E-state index in [9.17, 15) is 4.79 Å². The first-order valence-corrected chi connectivity index (χ1v) is 9.71. The van der Waals surface area contributed by atoms with E-state index in [1.165, 1.54) is 12.8 Å². The number of benzene rings is 1. The van der Waals surface area contributed by atoms with Crippen molar-refractivity contribution in [2.24, 2.45) is 11.8 Å². The van der Waals surface area contributed by atoms with Crippen molar-refractivity contribution in [2.45, 2.75) is 57.8 Å². The van der Waals surface area contributed by atoms with E-state index in [-0.39, 0.29) is 5.91 Å². The van der Waals surface area contributed by atoms with Gasteiger partial charge in [0.05, 0.1) is 17.1 Å². The first-order chi connectivity index (χ1) is 11.9. The van der Waals surface area contributed by atoms with Gasteiger partial charge in [-0.2, -0.15) is 0 Å². The van der Waals surface area contributed by atoms with Crippen molar-refractivity contribution in [1.82, 2.24) is 4.81 Å². The minimum absolute atomic E-state index is 0.0305. The summed E-state index contributed by atoms with van der Waals surface area (Å²) >= 11 is 6.30. The Morgan fingerprint density at radius 2 is 1.96 bits per heavy atom. The number of fused-ring (bicyclic) bond motifs is 1. The van der Waals surface area contributed by atoms with Crippen molar-refractivity contribution in [3.05, 3.63) is 35.4 Å². The second kappa shape index (κ2) is 6.00. The fraction of sp³-hybridized carbons (Fsp3) is 0.632. The van der Waals surface area contributed by atoms with Crippen molar-refractivity contribution in [3.63, 3.8) is 0 Å². The van der Waals surface area contributed by atoms with E-state index in [0.717, 1.165) is 23.5 Å². The summed E-state index contributed by atoms with van der Waals surface area (Å²) in [4.78, 5) is 14.5. The van der Waals surface area contributed by atoms with Crippen LogP contribution in [-0.4, -0.2) is 35.1 Å². The van der Waals surface area contributed by atoms with E-state index in [2.05, 4.69) is 13.8 Å². The van der Waals surface area contributed by atoms with Crippen LogP contribution >= 0.6 is 11.6 Å². The summed E-state index contributed by atoms with van der Waals surface area (Å²) in [6, 6.07) is 7.69. The molecule has 1 aromatic rings. The lowest BCUT2D eigenvalue weighted by molar-refractivity contribution is -0.0250. The lowest BCUT2D eigenvalue weighted by atomic mass is 9.79. The SMILES string of the molecule is C[C@@H](C[C@]1(C)OB(N2Cc3ccccc3C2=O)O[C@]1(C)CCl)C1CC1. The van der Waals surface area contributed by atoms with Crippen LogP contribution in [0.2, 0.25) is 0 Å². The molecule has 2 aliphatic heterocycles. The predicted molar refractivity (Wildman–Crippen MR) is 98.3 cm³/mol. The third-order valence-corrected chi connectivity index (χ3v) is 6.85. The molecule has 134 valence electrons. The average Bonchev–Trinajstić information content (AvgIpc) is 3.34. The molecule has 1 amide bonds. The van der Waals surface area contributed by atoms with Crippen LogP contribution in [0, 0.1) is 11.8 Å². The van der Waals surface area contributed by atoms with Gasteiger partial charge in [0.1, 0.15) is 0 Å². The van der Waals surface area contributed by atoms with Crippen molar-refractivity contribution in [1.29, 1.82) is 0 Å². The number of hydrogen-bond acceptors (Lipinski definition) is 3. The highest BCUT2D eigenvalue weighted by molar-refractivity contribution is 6.47. The summed E-state index contributed by atoms with van der Waals surface area (Å²) in [5.41, 5.74) is 0.642. The van der Waals surface area contributed by atoms with Crippen LogP contribution in [0.4, 0.5) is 0 Å². The Hall–Kier alpha value is -1.04. The molecule has 1 aliphatic carbocycles. The molecule has 0 aromatic heterocycles. The minimum atomic E-state index is -0.681. The second-order valence-corrected chi connectivity index (χ2v) is 8.51. The van der Waals surface area contributed by atoms with Gasteiger partial charge in [-0.15, -0.1) is 11.6 Å². The Kier molecular flexibility index (Phi) is 4.17. The van der Waals surface area contributed by atoms with Gasteiger partial charge in [-0.25, -0.2) is 0 Å². The smallest absolute Gasteiger partial charge is 0.383 e.